The van der Waals surface area contributed by atoms with Crippen LogP contribution >= 0.6 is 0 Å². The molecule has 0 saturated heterocycles. The third kappa shape index (κ3) is 2.06. The fourth-order valence-corrected chi connectivity index (χ4v) is 3.58. The largest absolute Gasteiger partial charge is 0.441 e. The van der Waals surface area contributed by atoms with Gasteiger partial charge in [-0.1, -0.05) is 0 Å². The molecule has 0 fully saturated rings. The van der Waals surface area contributed by atoms with Crippen LogP contribution in [0.2, 0.25) is 0 Å². The molecule has 0 N–H and O–H groups in total. The summed E-state index contributed by atoms with van der Waals surface area (Å²) < 4.78 is 24.0. The van der Waals surface area contributed by atoms with Crippen LogP contribution in [0.1, 0.15) is 5.56 Å². The van der Waals surface area contributed by atoms with E-state index in [4.69, 9.17) is 0 Å². The highest BCUT2D eigenvalue weighted by molar-refractivity contribution is 7.95. The van der Waals surface area contributed by atoms with Crippen LogP contribution in [0.4, 0.5) is 11.4 Å². The number of rotatable bonds is 4. The Hall–Kier alpha value is -3.49. The third-order valence-corrected chi connectivity index (χ3v) is 4.60. The highest BCUT2D eigenvalue weighted by atomic mass is 32.2. The zero-order chi connectivity index (χ0) is 17.7. The maximum Gasteiger partial charge on any atom is 0.441 e. The molecule has 23 heavy (non-hydrogen) atoms. The van der Waals surface area contributed by atoms with Crippen molar-refractivity contribution in [2.45, 2.75) is 4.90 Å². The number of sulfone groups is 1. The van der Waals surface area contributed by atoms with Crippen molar-refractivity contribution < 1.29 is 28.1 Å². The van der Waals surface area contributed by atoms with Crippen molar-refractivity contribution in [2.24, 2.45) is 0 Å². The maximum atomic E-state index is 12.0. The van der Waals surface area contributed by atoms with Gasteiger partial charge in [-0.3, -0.25) is 40.5 Å². The van der Waals surface area contributed by atoms with E-state index in [2.05, 4.69) is 0 Å². The molecule has 1 aliphatic heterocycles. The summed E-state index contributed by atoms with van der Waals surface area (Å²) in [5.41, 5.74) is -5.69. The molecular formula is C8H2N4O10S. The smallest absolute Gasteiger partial charge is 0.258 e. The first-order valence-corrected chi connectivity index (χ1v) is 6.74. The first-order chi connectivity index (χ1) is 10.5. The fourth-order valence-electron chi connectivity index (χ4n) is 2.04. The summed E-state index contributed by atoms with van der Waals surface area (Å²) in [5, 5.41) is 41.8. The molecule has 15 heteroatoms. The Morgan fingerprint density at radius 3 is 1.74 bits per heavy atom. The predicted octanol–water partition coefficient (Wildman–Crippen LogP) is 0.470. The Balaban J connectivity index is 3.13. The van der Waals surface area contributed by atoms with Gasteiger partial charge in [-0.05, 0) is 6.07 Å². The molecule has 14 nitrogen and oxygen atoms in total. The minimum absolute atomic E-state index is 0.439. The van der Waals surface area contributed by atoms with E-state index in [0.717, 1.165) is 0 Å². The van der Waals surface area contributed by atoms with Crippen LogP contribution in [0, 0.1) is 40.5 Å². The molecule has 2 rings (SSSR count). The van der Waals surface area contributed by atoms with E-state index in [1.807, 2.05) is 0 Å². The van der Waals surface area contributed by atoms with E-state index in [0.29, 0.717) is 12.1 Å². The Labute approximate surface area is 124 Å². The predicted molar refractivity (Wildman–Crippen MR) is 67.8 cm³/mol. The van der Waals surface area contributed by atoms with Gasteiger partial charge in [0.05, 0.1) is 19.7 Å². The van der Waals surface area contributed by atoms with Crippen LogP contribution in [-0.4, -0.2) is 28.1 Å². The van der Waals surface area contributed by atoms with Crippen LogP contribution in [0.25, 0.3) is 5.70 Å². The van der Waals surface area contributed by atoms with Crippen molar-refractivity contribution in [3.63, 3.8) is 0 Å². The molecule has 0 radical (unpaired) electrons. The summed E-state index contributed by atoms with van der Waals surface area (Å²) in [7, 11) is -5.03. The molecule has 1 aliphatic rings. The van der Waals surface area contributed by atoms with Gasteiger partial charge in [0.1, 0.15) is 4.90 Å². The van der Waals surface area contributed by atoms with E-state index in [-0.39, 0.29) is 0 Å². The third-order valence-electron chi connectivity index (χ3n) is 2.83. The van der Waals surface area contributed by atoms with Crippen molar-refractivity contribution in [1.29, 1.82) is 0 Å². The lowest BCUT2D eigenvalue weighted by Crippen LogP contribution is -2.11. The molecule has 120 valence electrons. The number of fused-ring (bicyclic) bond motifs is 1. The lowest BCUT2D eigenvalue weighted by Gasteiger charge is -2.00. The normalized spacial score (nSPS) is 15.1. The van der Waals surface area contributed by atoms with Gasteiger partial charge in [-0.2, -0.15) is 0 Å². The van der Waals surface area contributed by atoms with E-state index in [1.165, 1.54) is 0 Å². The lowest BCUT2D eigenvalue weighted by atomic mass is 10.1. The molecule has 0 amide bonds. The Morgan fingerprint density at radius 2 is 1.35 bits per heavy atom. The van der Waals surface area contributed by atoms with Crippen molar-refractivity contribution in [3.8, 4) is 0 Å². The molecule has 0 aromatic heterocycles. The average Bonchev–Trinajstić information content (AvgIpc) is 2.65. The Morgan fingerprint density at radius 1 is 0.783 bits per heavy atom. The number of hydrogen-bond donors (Lipinski definition) is 0. The number of hydrogen-bond acceptors (Lipinski definition) is 10. The van der Waals surface area contributed by atoms with Crippen LogP contribution in [0.3, 0.4) is 0 Å². The molecule has 0 unspecified atom stereocenters. The molecule has 1 aromatic carbocycles. The molecule has 0 atom stereocenters. The van der Waals surface area contributed by atoms with E-state index in [9.17, 15) is 48.9 Å². The Kier molecular flexibility index (Phi) is 3.29. The topological polar surface area (TPSA) is 207 Å². The maximum absolute atomic E-state index is 12.0. The molecule has 0 bridgehead atoms. The molecule has 1 heterocycles. The quantitative estimate of drug-likeness (QED) is 0.543. The minimum Gasteiger partial charge on any atom is -0.258 e. The van der Waals surface area contributed by atoms with Crippen LogP contribution in [0.5, 0.6) is 0 Å². The summed E-state index contributed by atoms with van der Waals surface area (Å²) in [6.45, 7) is 0. The van der Waals surface area contributed by atoms with Crippen LogP contribution in [-0.2, 0) is 9.84 Å². The number of benzene rings is 1. The van der Waals surface area contributed by atoms with Gasteiger partial charge < -0.3 is 0 Å². The number of nitro benzene ring substituents is 2. The van der Waals surface area contributed by atoms with Gasteiger partial charge in [-0.25, -0.2) is 8.42 Å². The monoisotopic (exact) mass is 346 g/mol. The van der Waals surface area contributed by atoms with Gasteiger partial charge in [-0.15, -0.1) is 0 Å². The second-order valence-corrected chi connectivity index (χ2v) is 5.83. The van der Waals surface area contributed by atoms with Gasteiger partial charge in [0.15, 0.2) is 5.56 Å². The minimum atomic E-state index is -5.03. The average molecular weight is 346 g/mol. The first-order valence-electron chi connectivity index (χ1n) is 5.26. The SMILES string of the molecule is O=[N+]([O-])C1=C([N+](=O)[O-])S(=O)(=O)c2ccc([N+](=O)[O-])c([N+](=O)[O-])c21. The molecule has 0 saturated carbocycles. The van der Waals surface area contributed by atoms with Gasteiger partial charge in [0.25, 0.3) is 9.84 Å². The zero-order valence-electron chi connectivity index (χ0n) is 10.4. The number of nitro groups is 4. The second kappa shape index (κ2) is 4.77. The highest BCUT2D eigenvalue weighted by Crippen LogP contribution is 2.47. The van der Waals surface area contributed by atoms with Crippen LogP contribution < -0.4 is 0 Å². The van der Waals surface area contributed by atoms with Crippen molar-refractivity contribution in [1.82, 2.24) is 0 Å². The van der Waals surface area contributed by atoms with Crippen LogP contribution in [0.15, 0.2) is 22.1 Å². The lowest BCUT2D eigenvalue weighted by molar-refractivity contribution is -0.435. The summed E-state index contributed by atoms with van der Waals surface area (Å²) in [4.78, 5) is 36.9. The van der Waals surface area contributed by atoms with Gasteiger partial charge >= 0.3 is 22.1 Å². The molecule has 0 spiro atoms. The highest BCUT2D eigenvalue weighted by Gasteiger charge is 2.57. The standard InChI is InChI=1S/C8H2N4O10S/c13-9(14)3-1-2-4-5(6(3)10(15)16)7(11(17)18)8(12(19)20)23(4,21)22/h1-2H. The summed E-state index contributed by atoms with van der Waals surface area (Å²) in [6, 6.07) is 0.921. The van der Waals surface area contributed by atoms with Crippen molar-refractivity contribution in [3.05, 3.63) is 63.2 Å². The van der Waals surface area contributed by atoms with E-state index >= 15 is 0 Å². The summed E-state index contributed by atoms with van der Waals surface area (Å²) >= 11 is 0. The first kappa shape index (κ1) is 15.9. The Bertz CT molecular complexity index is 946. The van der Waals surface area contributed by atoms with Crippen molar-refractivity contribution in [2.75, 3.05) is 0 Å². The van der Waals surface area contributed by atoms with E-state index < -0.39 is 62.1 Å². The second-order valence-electron chi connectivity index (χ2n) is 3.99. The van der Waals surface area contributed by atoms with E-state index in [1.54, 1.807) is 0 Å². The molecule has 1 aromatic rings. The molecule has 0 aliphatic carbocycles. The summed E-state index contributed by atoms with van der Waals surface area (Å²) in [6.07, 6.45) is 0. The van der Waals surface area contributed by atoms with Gasteiger partial charge in [0.2, 0.25) is 0 Å². The number of nitrogens with zero attached hydrogens (tertiary/aromatic N) is 4. The van der Waals surface area contributed by atoms with Crippen molar-refractivity contribution >= 4 is 26.9 Å². The summed E-state index contributed by atoms with van der Waals surface area (Å²) in [5.74, 6) is 0. The fraction of sp³-hybridized carbons (Fsp3) is 0. The molecular weight excluding hydrogens is 344 g/mol. The van der Waals surface area contributed by atoms with Gasteiger partial charge in [0, 0.05) is 6.07 Å². The zero-order valence-corrected chi connectivity index (χ0v) is 11.3.